The lowest BCUT2D eigenvalue weighted by atomic mass is 10.2. The van der Waals surface area contributed by atoms with Crippen LogP contribution in [0.3, 0.4) is 0 Å². The first-order valence-electron chi connectivity index (χ1n) is 6.16. The summed E-state index contributed by atoms with van der Waals surface area (Å²) in [5.41, 5.74) is 10.9. The summed E-state index contributed by atoms with van der Waals surface area (Å²) in [7, 11) is -3.72. The molecule has 5 N–H and O–H groups in total. The zero-order valence-electron chi connectivity index (χ0n) is 11.1. The van der Waals surface area contributed by atoms with E-state index in [4.69, 9.17) is 11.5 Å². The number of nitrogens with two attached hydrogens (primary N) is 2. The van der Waals surface area contributed by atoms with Crippen LogP contribution < -0.4 is 16.2 Å². The second-order valence-corrected chi connectivity index (χ2v) is 7.47. The Kier molecular flexibility index (Phi) is 6.18. The van der Waals surface area contributed by atoms with E-state index >= 15 is 0 Å². The highest BCUT2D eigenvalue weighted by Gasteiger charge is 2.33. The second kappa shape index (κ2) is 7.06. The number of sulfonamides is 1. The van der Waals surface area contributed by atoms with Crippen molar-refractivity contribution < 1.29 is 13.2 Å². The summed E-state index contributed by atoms with van der Waals surface area (Å²) in [6, 6.07) is 3.89. The molecule has 2 rings (SSSR count). The molecule has 0 saturated heterocycles. The molecule has 1 aromatic carbocycles. The van der Waals surface area contributed by atoms with E-state index in [0.29, 0.717) is 10.4 Å². The number of hydrogen-bond donors (Lipinski definition) is 3. The first kappa shape index (κ1) is 18.4. The number of carbonyl (C=O) groups is 1. The molecule has 0 heterocycles. The van der Waals surface area contributed by atoms with Gasteiger partial charge >= 0.3 is 0 Å². The van der Waals surface area contributed by atoms with Gasteiger partial charge in [0.1, 0.15) is 0 Å². The zero-order chi connectivity index (χ0) is 14.9. The SMILES string of the molecule is Cl.NCC(NS(=O)(=O)c1cc(Br)cc(C(N)=O)c1)C1CC1. The zero-order valence-corrected chi connectivity index (χ0v) is 14.3. The van der Waals surface area contributed by atoms with E-state index in [2.05, 4.69) is 20.7 Å². The van der Waals surface area contributed by atoms with E-state index in [1.807, 2.05) is 0 Å². The Morgan fingerprint density at radius 2 is 2.00 bits per heavy atom. The molecule has 1 amide bonds. The Hall–Kier alpha value is -0.670. The van der Waals surface area contributed by atoms with E-state index in [-0.39, 0.29) is 35.5 Å². The first-order valence-corrected chi connectivity index (χ1v) is 8.44. The average molecular weight is 399 g/mol. The average Bonchev–Trinajstić information content (AvgIpc) is 3.19. The highest BCUT2D eigenvalue weighted by atomic mass is 79.9. The third-order valence-corrected chi connectivity index (χ3v) is 5.14. The van der Waals surface area contributed by atoms with Crippen molar-refractivity contribution in [2.75, 3.05) is 6.54 Å². The van der Waals surface area contributed by atoms with Crippen LogP contribution in [-0.2, 0) is 10.0 Å². The van der Waals surface area contributed by atoms with Gasteiger partial charge in [-0.05, 0) is 37.0 Å². The number of benzene rings is 1. The van der Waals surface area contributed by atoms with Gasteiger partial charge in [0, 0.05) is 22.6 Å². The molecule has 1 atom stereocenters. The van der Waals surface area contributed by atoms with E-state index in [1.165, 1.54) is 18.2 Å². The van der Waals surface area contributed by atoms with Crippen molar-refractivity contribution in [3.05, 3.63) is 28.2 Å². The van der Waals surface area contributed by atoms with Gasteiger partial charge in [-0.25, -0.2) is 13.1 Å². The highest BCUT2D eigenvalue weighted by Crippen LogP contribution is 2.33. The third kappa shape index (κ3) is 4.65. The van der Waals surface area contributed by atoms with Crippen LogP contribution in [0, 0.1) is 5.92 Å². The van der Waals surface area contributed by atoms with Gasteiger partial charge in [0.25, 0.3) is 0 Å². The molecular formula is C12H17BrClN3O3S. The van der Waals surface area contributed by atoms with Crippen molar-refractivity contribution in [2.45, 2.75) is 23.8 Å². The number of rotatable bonds is 6. The smallest absolute Gasteiger partial charge is 0.248 e. The monoisotopic (exact) mass is 397 g/mol. The van der Waals surface area contributed by atoms with Crippen LogP contribution in [0.2, 0.25) is 0 Å². The van der Waals surface area contributed by atoms with Crippen LogP contribution in [0.15, 0.2) is 27.6 Å². The first-order chi connectivity index (χ1) is 9.33. The Labute approximate surface area is 138 Å². The van der Waals surface area contributed by atoms with Gasteiger partial charge in [-0.2, -0.15) is 0 Å². The molecule has 1 fully saturated rings. The van der Waals surface area contributed by atoms with E-state index in [0.717, 1.165) is 12.8 Å². The summed E-state index contributed by atoms with van der Waals surface area (Å²) in [6.07, 6.45) is 1.96. The summed E-state index contributed by atoms with van der Waals surface area (Å²) in [5, 5.41) is 0. The topological polar surface area (TPSA) is 115 Å². The Bertz CT molecular complexity index is 635. The van der Waals surface area contributed by atoms with Crippen LogP contribution >= 0.6 is 28.3 Å². The van der Waals surface area contributed by atoms with Gasteiger partial charge in [0.15, 0.2) is 0 Å². The van der Waals surface area contributed by atoms with Crippen molar-refractivity contribution in [2.24, 2.45) is 17.4 Å². The normalized spacial score (nSPS) is 16.1. The van der Waals surface area contributed by atoms with Crippen molar-refractivity contribution in [3.63, 3.8) is 0 Å². The predicted octanol–water partition coefficient (Wildman–Crippen LogP) is 0.985. The van der Waals surface area contributed by atoms with E-state index in [9.17, 15) is 13.2 Å². The van der Waals surface area contributed by atoms with Crippen molar-refractivity contribution in [1.82, 2.24) is 4.72 Å². The molecule has 0 aliphatic heterocycles. The van der Waals surface area contributed by atoms with Crippen LogP contribution in [0.25, 0.3) is 0 Å². The quantitative estimate of drug-likeness (QED) is 0.662. The lowest BCUT2D eigenvalue weighted by Crippen LogP contribution is -2.41. The van der Waals surface area contributed by atoms with Crippen LogP contribution in [-0.4, -0.2) is 26.9 Å². The number of nitrogens with one attached hydrogen (secondary N) is 1. The number of amides is 1. The van der Waals surface area contributed by atoms with Gasteiger partial charge < -0.3 is 11.5 Å². The maximum absolute atomic E-state index is 12.3. The molecule has 9 heteroatoms. The fraction of sp³-hybridized carbons (Fsp3) is 0.417. The summed E-state index contributed by atoms with van der Waals surface area (Å²) >= 11 is 3.17. The van der Waals surface area contributed by atoms with Crippen molar-refractivity contribution >= 4 is 44.3 Å². The van der Waals surface area contributed by atoms with Crippen LogP contribution in [0.1, 0.15) is 23.2 Å². The maximum atomic E-state index is 12.3. The largest absolute Gasteiger partial charge is 0.366 e. The van der Waals surface area contributed by atoms with Gasteiger partial charge in [-0.3, -0.25) is 4.79 Å². The lowest BCUT2D eigenvalue weighted by molar-refractivity contribution is 0.1000. The van der Waals surface area contributed by atoms with Crippen LogP contribution in [0.4, 0.5) is 0 Å². The maximum Gasteiger partial charge on any atom is 0.248 e. The number of primary amides is 1. The molecule has 1 aliphatic rings. The number of halogens is 2. The minimum Gasteiger partial charge on any atom is -0.366 e. The Balaban J connectivity index is 0.00000220. The summed E-state index contributed by atoms with van der Waals surface area (Å²) < 4.78 is 27.7. The molecule has 1 saturated carbocycles. The van der Waals surface area contributed by atoms with Crippen LogP contribution in [0.5, 0.6) is 0 Å². The standard InChI is InChI=1S/C12H16BrN3O3S.ClH/c13-9-3-8(12(15)17)4-10(5-9)20(18,19)16-11(6-14)7-1-2-7;/h3-5,7,11,16H,1-2,6,14H2,(H2,15,17);1H. The number of carbonyl (C=O) groups excluding carboxylic acids is 1. The van der Waals surface area contributed by atoms with Crippen molar-refractivity contribution in [1.29, 1.82) is 0 Å². The molecular weight excluding hydrogens is 382 g/mol. The summed E-state index contributed by atoms with van der Waals surface area (Å²) in [6.45, 7) is 0.251. The highest BCUT2D eigenvalue weighted by molar-refractivity contribution is 9.10. The fourth-order valence-electron chi connectivity index (χ4n) is 1.96. The van der Waals surface area contributed by atoms with Gasteiger partial charge in [0.2, 0.25) is 15.9 Å². The van der Waals surface area contributed by atoms with E-state index in [1.54, 1.807) is 0 Å². The molecule has 6 nitrogen and oxygen atoms in total. The second-order valence-electron chi connectivity index (χ2n) is 4.84. The van der Waals surface area contributed by atoms with Crippen molar-refractivity contribution in [3.8, 4) is 0 Å². The molecule has 0 aromatic heterocycles. The Morgan fingerprint density at radius 1 is 1.38 bits per heavy atom. The summed E-state index contributed by atoms with van der Waals surface area (Å²) in [5.74, 6) is -0.377. The summed E-state index contributed by atoms with van der Waals surface area (Å²) in [4.78, 5) is 11.2. The van der Waals surface area contributed by atoms with E-state index < -0.39 is 15.9 Å². The fourth-order valence-corrected chi connectivity index (χ4v) is 4.00. The Morgan fingerprint density at radius 3 is 2.48 bits per heavy atom. The lowest BCUT2D eigenvalue weighted by Gasteiger charge is -2.16. The molecule has 1 unspecified atom stereocenters. The molecule has 0 spiro atoms. The molecule has 1 aromatic rings. The molecule has 0 bridgehead atoms. The molecule has 118 valence electrons. The van der Waals surface area contributed by atoms with Gasteiger partial charge in [-0.1, -0.05) is 15.9 Å². The van der Waals surface area contributed by atoms with Gasteiger partial charge in [0.05, 0.1) is 4.90 Å². The minimum absolute atomic E-state index is 0. The van der Waals surface area contributed by atoms with Gasteiger partial charge in [-0.15, -0.1) is 12.4 Å². The molecule has 0 radical (unpaired) electrons. The molecule has 21 heavy (non-hydrogen) atoms. The third-order valence-electron chi connectivity index (χ3n) is 3.22. The predicted molar refractivity (Wildman–Crippen MR) is 85.8 cm³/mol. The molecule has 1 aliphatic carbocycles. The minimum atomic E-state index is -3.72. The number of hydrogen-bond acceptors (Lipinski definition) is 4.